The van der Waals surface area contributed by atoms with Crippen LogP contribution in [-0.4, -0.2) is 10.9 Å². The molecule has 2 unspecified atom stereocenters. The molecule has 0 amide bonds. The van der Waals surface area contributed by atoms with Crippen molar-refractivity contribution in [2.24, 2.45) is 5.41 Å². The van der Waals surface area contributed by atoms with Crippen LogP contribution < -0.4 is 4.74 Å². The van der Waals surface area contributed by atoms with E-state index in [0.29, 0.717) is 20.3 Å². The molecule has 4 heteroatoms. The van der Waals surface area contributed by atoms with Crippen molar-refractivity contribution in [2.75, 3.05) is 0 Å². The molecule has 1 aromatic carbocycles. The molecule has 0 heterocycles. The van der Waals surface area contributed by atoms with Crippen LogP contribution in [0.5, 0.6) is 5.75 Å². The molecule has 1 spiro atoms. The van der Waals surface area contributed by atoms with Gasteiger partial charge in [0.25, 0.3) is 0 Å². The molecule has 0 radical (unpaired) electrons. The lowest BCUT2D eigenvalue weighted by molar-refractivity contribution is -0.0303. The van der Waals surface area contributed by atoms with Crippen LogP contribution in [0.2, 0.25) is 10.0 Å². The van der Waals surface area contributed by atoms with Gasteiger partial charge in [-0.1, -0.05) is 52.0 Å². The van der Waals surface area contributed by atoms with E-state index in [1.807, 2.05) is 6.07 Å². The van der Waals surface area contributed by atoms with E-state index < -0.39 is 0 Å². The molecular weight excluding hydrogens is 335 g/mol. The van der Waals surface area contributed by atoms with Gasteiger partial charge in [0.15, 0.2) is 0 Å². The van der Waals surface area contributed by atoms with Gasteiger partial charge >= 0.3 is 0 Å². The van der Waals surface area contributed by atoms with Crippen molar-refractivity contribution in [1.29, 1.82) is 0 Å². The largest absolute Gasteiger partial charge is 0.488 e. The highest BCUT2D eigenvalue weighted by Crippen LogP contribution is 2.58. The first-order chi connectivity index (χ1) is 8.62. The third kappa shape index (κ3) is 2.07. The third-order valence-electron chi connectivity index (χ3n) is 4.38. The molecule has 2 atom stereocenters. The molecule has 2 aliphatic carbocycles. The van der Waals surface area contributed by atoms with Gasteiger partial charge in [0.1, 0.15) is 11.9 Å². The molecule has 18 heavy (non-hydrogen) atoms. The van der Waals surface area contributed by atoms with Crippen LogP contribution in [0.3, 0.4) is 0 Å². The molecule has 2 fully saturated rings. The molecule has 98 valence electrons. The summed E-state index contributed by atoms with van der Waals surface area (Å²) in [6.07, 6.45) is 6.47. The Morgan fingerprint density at radius 1 is 1.22 bits per heavy atom. The van der Waals surface area contributed by atoms with E-state index in [1.165, 1.54) is 25.7 Å². The minimum absolute atomic E-state index is 0.278. The number of halogens is 3. The minimum atomic E-state index is 0.278. The number of rotatable bonds is 2. The van der Waals surface area contributed by atoms with Crippen molar-refractivity contribution < 1.29 is 4.74 Å². The summed E-state index contributed by atoms with van der Waals surface area (Å²) in [6.45, 7) is 0. The Balaban J connectivity index is 1.79. The number of alkyl halides is 1. The molecule has 0 bridgehead atoms. The SMILES string of the molecule is Clc1ccc(Cl)c(OC2CC(Br)C23CCCC3)c1. The molecule has 0 saturated heterocycles. The zero-order valence-corrected chi connectivity index (χ0v) is 13.1. The molecule has 0 aromatic heterocycles. The van der Waals surface area contributed by atoms with E-state index in [2.05, 4.69) is 15.9 Å². The zero-order chi connectivity index (χ0) is 12.8. The Bertz CT molecular complexity index is 457. The lowest BCUT2D eigenvalue weighted by Gasteiger charge is -2.51. The second kappa shape index (κ2) is 4.88. The van der Waals surface area contributed by atoms with Gasteiger partial charge in [-0.05, 0) is 31.4 Å². The molecule has 0 aliphatic heterocycles. The van der Waals surface area contributed by atoms with Gasteiger partial charge < -0.3 is 4.74 Å². The second-order valence-corrected chi connectivity index (χ2v) is 7.27. The Labute approximate surface area is 126 Å². The predicted molar refractivity (Wildman–Crippen MR) is 79.1 cm³/mol. The first-order valence-electron chi connectivity index (χ1n) is 6.37. The Morgan fingerprint density at radius 2 is 1.94 bits per heavy atom. The maximum Gasteiger partial charge on any atom is 0.139 e. The lowest BCUT2D eigenvalue weighted by Crippen LogP contribution is -2.55. The Kier molecular flexibility index (Phi) is 3.55. The van der Waals surface area contributed by atoms with Gasteiger partial charge in [-0.25, -0.2) is 0 Å². The van der Waals surface area contributed by atoms with Gasteiger partial charge in [-0.3, -0.25) is 0 Å². The molecular formula is C14H15BrCl2O. The highest BCUT2D eigenvalue weighted by molar-refractivity contribution is 9.09. The van der Waals surface area contributed by atoms with Crippen LogP contribution in [0.15, 0.2) is 18.2 Å². The molecule has 0 N–H and O–H groups in total. The van der Waals surface area contributed by atoms with Crippen LogP contribution in [0.25, 0.3) is 0 Å². The van der Waals surface area contributed by atoms with E-state index in [0.717, 1.165) is 12.2 Å². The van der Waals surface area contributed by atoms with Crippen molar-refractivity contribution in [3.63, 3.8) is 0 Å². The minimum Gasteiger partial charge on any atom is -0.488 e. The summed E-state index contributed by atoms with van der Waals surface area (Å²) in [4.78, 5) is 0.593. The highest BCUT2D eigenvalue weighted by Gasteiger charge is 2.56. The summed E-state index contributed by atoms with van der Waals surface area (Å²) in [6, 6.07) is 5.40. The van der Waals surface area contributed by atoms with Gasteiger partial charge in [-0.2, -0.15) is 0 Å². The van der Waals surface area contributed by atoms with E-state index in [9.17, 15) is 0 Å². The molecule has 3 rings (SSSR count). The second-order valence-electron chi connectivity index (χ2n) is 5.32. The smallest absolute Gasteiger partial charge is 0.139 e. The summed E-state index contributed by atoms with van der Waals surface area (Å²) >= 11 is 15.9. The number of benzene rings is 1. The number of hydrogen-bond acceptors (Lipinski definition) is 1. The van der Waals surface area contributed by atoms with Crippen molar-refractivity contribution in [3.8, 4) is 5.75 Å². The summed E-state index contributed by atoms with van der Waals surface area (Å²) in [5.74, 6) is 0.722. The average molecular weight is 350 g/mol. The summed E-state index contributed by atoms with van der Waals surface area (Å²) in [5.41, 5.74) is 0.325. The fourth-order valence-corrected chi connectivity index (χ4v) is 4.67. The lowest BCUT2D eigenvalue weighted by atomic mass is 9.64. The van der Waals surface area contributed by atoms with Crippen LogP contribution in [-0.2, 0) is 0 Å². The topological polar surface area (TPSA) is 9.23 Å². The van der Waals surface area contributed by atoms with E-state index in [-0.39, 0.29) is 6.10 Å². The van der Waals surface area contributed by atoms with Gasteiger partial charge in [-0.15, -0.1) is 0 Å². The summed E-state index contributed by atoms with van der Waals surface area (Å²) in [5, 5.41) is 1.31. The number of hydrogen-bond donors (Lipinski definition) is 0. The van der Waals surface area contributed by atoms with Crippen LogP contribution >= 0.6 is 39.1 Å². The monoisotopic (exact) mass is 348 g/mol. The van der Waals surface area contributed by atoms with E-state index >= 15 is 0 Å². The van der Waals surface area contributed by atoms with Crippen LogP contribution in [0.1, 0.15) is 32.1 Å². The molecule has 2 saturated carbocycles. The molecule has 1 aromatic rings. The predicted octanol–water partition coefficient (Wildman–Crippen LogP) is 5.47. The van der Waals surface area contributed by atoms with Crippen molar-refractivity contribution >= 4 is 39.1 Å². The Morgan fingerprint density at radius 3 is 2.61 bits per heavy atom. The molecule has 2 aliphatic rings. The highest BCUT2D eigenvalue weighted by atomic mass is 79.9. The average Bonchev–Trinajstić information content (AvgIpc) is 2.85. The Hall–Kier alpha value is 0.0800. The first kappa shape index (κ1) is 13.1. The van der Waals surface area contributed by atoms with Crippen molar-refractivity contribution in [2.45, 2.75) is 43.0 Å². The fraction of sp³-hybridized carbons (Fsp3) is 0.571. The summed E-state index contributed by atoms with van der Waals surface area (Å²) in [7, 11) is 0. The quantitative estimate of drug-likeness (QED) is 0.643. The number of ether oxygens (including phenoxy) is 1. The normalized spacial score (nSPS) is 29.3. The maximum absolute atomic E-state index is 6.16. The van der Waals surface area contributed by atoms with Gasteiger partial charge in [0, 0.05) is 21.3 Å². The van der Waals surface area contributed by atoms with Crippen molar-refractivity contribution in [1.82, 2.24) is 0 Å². The summed E-state index contributed by atoms with van der Waals surface area (Å²) < 4.78 is 6.12. The standard InChI is InChI=1S/C14H15BrCl2O/c15-12-8-13(14(12)5-1-2-6-14)18-11-7-9(16)3-4-10(11)17/h3-4,7,12-13H,1-2,5-6,8H2. The fourth-order valence-electron chi connectivity index (χ4n) is 3.25. The van der Waals surface area contributed by atoms with E-state index in [1.54, 1.807) is 12.1 Å². The van der Waals surface area contributed by atoms with Crippen molar-refractivity contribution in [3.05, 3.63) is 28.2 Å². The first-order valence-corrected chi connectivity index (χ1v) is 8.05. The molecule has 1 nitrogen and oxygen atoms in total. The van der Waals surface area contributed by atoms with Gasteiger partial charge in [0.05, 0.1) is 5.02 Å². The van der Waals surface area contributed by atoms with Crippen LogP contribution in [0.4, 0.5) is 0 Å². The third-order valence-corrected chi connectivity index (χ3v) is 6.22. The van der Waals surface area contributed by atoms with Gasteiger partial charge in [0.2, 0.25) is 0 Å². The zero-order valence-electron chi connectivity index (χ0n) is 9.96. The van der Waals surface area contributed by atoms with E-state index in [4.69, 9.17) is 27.9 Å². The maximum atomic E-state index is 6.16. The van der Waals surface area contributed by atoms with Crippen LogP contribution in [0, 0.1) is 5.41 Å².